The smallest absolute Gasteiger partial charge is 0.228 e. The Balaban J connectivity index is 1.46. The van der Waals surface area contributed by atoms with Gasteiger partial charge in [-0.15, -0.1) is 0 Å². The predicted molar refractivity (Wildman–Crippen MR) is 96.1 cm³/mol. The molecule has 3 aliphatic rings. The first kappa shape index (κ1) is 17.5. The van der Waals surface area contributed by atoms with Gasteiger partial charge in [-0.05, 0) is 49.8 Å². The Kier molecular flexibility index (Phi) is 4.94. The van der Waals surface area contributed by atoms with Gasteiger partial charge in [0.15, 0.2) is 0 Å². The van der Waals surface area contributed by atoms with Crippen LogP contribution < -0.4 is 0 Å². The van der Waals surface area contributed by atoms with Crippen molar-refractivity contribution in [3.8, 4) is 0 Å². The quantitative estimate of drug-likeness (QED) is 0.830. The molecule has 0 aromatic carbocycles. The molecule has 0 radical (unpaired) electrons. The maximum atomic E-state index is 12.8. The van der Waals surface area contributed by atoms with Crippen LogP contribution in [0.5, 0.6) is 0 Å². The Morgan fingerprint density at radius 3 is 2.85 bits per heavy atom. The molecule has 6 heteroatoms. The van der Waals surface area contributed by atoms with Crippen molar-refractivity contribution in [3.05, 3.63) is 30.1 Å². The number of rotatable bonds is 3. The molecule has 2 amide bonds. The zero-order valence-corrected chi connectivity index (χ0v) is 15.2. The monoisotopic (exact) mass is 357 g/mol. The lowest BCUT2D eigenvalue weighted by atomic mass is 9.87. The predicted octanol–water partition coefficient (Wildman–Crippen LogP) is 1.99. The zero-order valence-electron chi connectivity index (χ0n) is 15.2. The maximum absolute atomic E-state index is 12.8. The summed E-state index contributed by atoms with van der Waals surface area (Å²) < 4.78 is 5.39. The van der Waals surface area contributed by atoms with E-state index in [0.29, 0.717) is 26.2 Å². The molecular weight excluding hydrogens is 330 g/mol. The maximum Gasteiger partial charge on any atom is 0.228 e. The summed E-state index contributed by atoms with van der Waals surface area (Å²) in [6.07, 6.45) is 8.74. The van der Waals surface area contributed by atoms with Crippen LogP contribution in [0.2, 0.25) is 0 Å². The first-order valence-corrected chi connectivity index (χ1v) is 9.74. The van der Waals surface area contributed by atoms with Gasteiger partial charge in [-0.2, -0.15) is 0 Å². The van der Waals surface area contributed by atoms with Crippen molar-refractivity contribution in [3.63, 3.8) is 0 Å². The van der Waals surface area contributed by atoms with E-state index in [2.05, 4.69) is 9.88 Å². The Morgan fingerprint density at radius 1 is 1.23 bits per heavy atom. The fourth-order valence-corrected chi connectivity index (χ4v) is 4.71. The molecule has 0 N–H and O–H groups in total. The molecular formula is C20H27N3O3. The molecule has 3 aliphatic heterocycles. The highest BCUT2D eigenvalue weighted by Crippen LogP contribution is 2.40. The SMILES string of the molecule is O=C(C1CCOC1)N1CCCC2(CCC(=O)N2Cc2ccncc2)CC1. The number of pyridine rings is 1. The Morgan fingerprint density at radius 2 is 2.08 bits per heavy atom. The molecule has 1 spiro atoms. The summed E-state index contributed by atoms with van der Waals surface area (Å²) in [7, 11) is 0. The second kappa shape index (κ2) is 7.35. The first-order chi connectivity index (χ1) is 12.7. The molecule has 1 aromatic heterocycles. The minimum atomic E-state index is -0.0957. The number of ether oxygens (including phenoxy) is 1. The molecule has 2 unspecified atom stereocenters. The highest BCUT2D eigenvalue weighted by Gasteiger charge is 2.46. The van der Waals surface area contributed by atoms with Gasteiger partial charge in [0.1, 0.15) is 0 Å². The summed E-state index contributed by atoms with van der Waals surface area (Å²) in [6, 6.07) is 3.96. The van der Waals surface area contributed by atoms with Crippen LogP contribution in [0.1, 0.15) is 44.1 Å². The molecule has 1 aromatic rings. The summed E-state index contributed by atoms with van der Waals surface area (Å²) in [5.74, 6) is 0.512. The number of amides is 2. The second-order valence-electron chi connectivity index (χ2n) is 7.80. The van der Waals surface area contributed by atoms with E-state index in [0.717, 1.165) is 50.8 Å². The van der Waals surface area contributed by atoms with Crippen molar-refractivity contribution in [2.24, 2.45) is 5.92 Å². The lowest BCUT2D eigenvalue weighted by Crippen LogP contribution is -2.46. The third kappa shape index (κ3) is 3.34. The van der Waals surface area contributed by atoms with E-state index in [1.54, 1.807) is 12.4 Å². The van der Waals surface area contributed by atoms with Gasteiger partial charge in [0.25, 0.3) is 0 Å². The van der Waals surface area contributed by atoms with Gasteiger partial charge < -0.3 is 14.5 Å². The number of hydrogen-bond donors (Lipinski definition) is 0. The molecule has 6 nitrogen and oxygen atoms in total. The third-order valence-electron chi connectivity index (χ3n) is 6.28. The molecule has 4 rings (SSSR count). The van der Waals surface area contributed by atoms with Crippen molar-refractivity contribution in [1.82, 2.24) is 14.8 Å². The Hall–Kier alpha value is -1.95. The molecule has 4 heterocycles. The van der Waals surface area contributed by atoms with E-state index in [1.807, 2.05) is 17.0 Å². The normalized spacial score (nSPS) is 29.4. The third-order valence-corrected chi connectivity index (χ3v) is 6.28. The number of carbonyl (C=O) groups is 2. The van der Waals surface area contributed by atoms with Crippen molar-refractivity contribution < 1.29 is 14.3 Å². The molecule has 140 valence electrons. The lowest BCUT2D eigenvalue weighted by Gasteiger charge is -2.38. The Labute approximate surface area is 154 Å². The molecule has 3 saturated heterocycles. The molecule has 0 bridgehead atoms. The van der Waals surface area contributed by atoms with Gasteiger partial charge in [0.05, 0.1) is 12.5 Å². The highest BCUT2D eigenvalue weighted by atomic mass is 16.5. The van der Waals surface area contributed by atoms with E-state index in [9.17, 15) is 9.59 Å². The molecule has 2 atom stereocenters. The molecule has 0 saturated carbocycles. The van der Waals surface area contributed by atoms with E-state index in [4.69, 9.17) is 4.74 Å². The van der Waals surface area contributed by atoms with Gasteiger partial charge in [-0.25, -0.2) is 0 Å². The van der Waals surface area contributed by atoms with E-state index >= 15 is 0 Å². The fourth-order valence-electron chi connectivity index (χ4n) is 4.71. The van der Waals surface area contributed by atoms with Gasteiger partial charge in [-0.3, -0.25) is 14.6 Å². The minimum Gasteiger partial charge on any atom is -0.381 e. The van der Waals surface area contributed by atoms with Gasteiger partial charge in [0, 0.05) is 50.6 Å². The standard InChI is InChI=1S/C20H27N3O3/c24-18-2-7-20(23(18)14-16-3-9-21-10-4-16)6-1-11-22(12-8-20)19(25)17-5-13-26-15-17/h3-4,9-10,17H,1-2,5-8,11-15H2. The van der Waals surface area contributed by atoms with E-state index < -0.39 is 0 Å². The molecule has 3 fully saturated rings. The van der Waals surface area contributed by atoms with Gasteiger partial charge >= 0.3 is 0 Å². The zero-order chi connectivity index (χ0) is 18.0. The Bertz CT molecular complexity index is 660. The second-order valence-corrected chi connectivity index (χ2v) is 7.80. The summed E-state index contributed by atoms with van der Waals surface area (Å²) in [5, 5.41) is 0. The summed E-state index contributed by atoms with van der Waals surface area (Å²) in [4.78, 5) is 33.5. The van der Waals surface area contributed by atoms with Crippen LogP contribution in [0.4, 0.5) is 0 Å². The van der Waals surface area contributed by atoms with Crippen molar-refractivity contribution in [2.75, 3.05) is 26.3 Å². The molecule has 26 heavy (non-hydrogen) atoms. The van der Waals surface area contributed by atoms with Crippen molar-refractivity contribution >= 4 is 11.8 Å². The summed E-state index contributed by atoms with van der Waals surface area (Å²) in [6.45, 7) is 3.45. The van der Waals surface area contributed by atoms with Crippen LogP contribution >= 0.6 is 0 Å². The largest absolute Gasteiger partial charge is 0.381 e. The number of hydrogen-bond acceptors (Lipinski definition) is 4. The fraction of sp³-hybridized carbons (Fsp3) is 0.650. The van der Waals surface area contributed by atoms with Gasteiger partial charge in [-0.1, -0.05) is 0 Å². The minimum absolute atomic E-state index is 0.0298. The average Bonchev–Trinajstić information content (AvgIpc) is 3.23. The summed E-state index contributed by atoms with van der Waals surface area (Å²) in [5.41, 5.74) is 1.02. The van der Waals surface area contributed by atoms with Crippen LogP contribution in [-0.2, 0) is 20.9 Å². The van der Waals surface area contributed by atoms with Crippen LogP contribution in [0.15, 0.2) is 24.5 Å². The first-order valence-electron chi connectivity index (χ1n) is 9.74. The van der Waals surface area contributed by atoms with Crippen LogP contribution in [0.3, 0.4) is 0 Å². The van der Waals surface area contributed by atoms with Crippen molar-refractivity contribution in [1.29, 1.82) is 0 Å². The summed E-state index contributed by atoms with van der Waals surface area (Å²) >= 11 is 0. The lowest BCUT2D eigenvalue weighted by molar-refractivity contribution is -0.135. The average molecular weight is 357 g/mol. The highest BCUT2D eigenvalue weighted by molar-refractivity contribution is 5.80. The van der Waals surface area contributed by atoms with Crippen LogP contribution in [0.25, 0.3) is 0 Å². The van der Waals surface area contributed by atoms with Crippen molar-refractivity contribution in [2.45, 2.75) is 50.6 Å². The van der Waals surface area contributed by atoms with Crippen LogP contribution in [-0.4, -0.2) is 58.4 Å². The molecule has 0 aliphatic carbocycles. The number of nitrogens with zero attached hydrogens (tertiary/aromatic N) is 3. The number of carbonyl (C=O) groups excluding carboxylic acids is 2. The van der Waals surface area contributed by atoms with E-state index in [-0.39, 0.29) is 23.3 Å². The topological polar surface area (TPSA) is 62.7 Å². The van der Waals surface area contributed by atoms with Crippen LogP contribution in [0, 0.1) is 5.92 Å². The van der Waals surface area contributed by atoms with E-state index in [1.165, 1.54) is 0 Å². The number of aromatic nitrogens is 1. The van der Waals surface area contributed by atoms with Gasteiger partial charge in [0.2, 0.25) is 11.8 Å². The number of likely N-dealkylation sites (tertiary alicyclic amines) is 2.